The lowest BCUT2D eigenvalue weighted by atomic mass is 10.0. The maximum Gasteiger partial charge on any atom is 0.186 e. The van der Waals surface area contributed by atoms with Crippen LogP contribution in [0.15, 0.2) is 24.3 Å². The standard InChI is InChI=1S/C17H23N3O2S2/c21-24(22)10-7-13(12-24)11-18-14-5-8-20(9-6-14)17-19-15-3-1-2-4-16(15)23-17/h1-4,13-14,18H,5-12H2. The molecule has 1 atom stereocenters. The second kappa shape index (κ2) is 6.61. The number of para-hydroxylation sites is 1. The molecule has 1 N–H and O–H groups in total. The van der Waals surface area contributed by atoms with E-state index in [1.807, 2.05) is 6.07 Å². The van der Waals surface area contributed by atoms with Crippen LogP contribution in [0.25, 0.3) is 10.2 Å². The summed E-state index contributed by atoms with van der Waals surface area (Å²) >= 11 is 1.77. The van der Waals surface area contributed by atoms with Crippen molar-refractivity contribution in [1.82, 2.24) is 10.3 Å². The number of sulfone groups is 1. The van der Waals surface area contributed by atoms with E-state index in [0.29, 0.717) is 23.5 Å². The van der Waals surface area contributed by atoms with Gasteiger partial charge in [0, 0.05) is 19.1 Å². The Morgan fingerprint density at radius 1 is 1.21 bits per heavy atom. The van der Waals surface area contributed by atoms with Crippen molar-refractivity contribution in [1.29, 1.82) is 0 Å². The average molecular weight is 366 g/mol. The largest absolute Gasteiger partial charge is 0.348 e. The molecule has 1 unspecified atom stereocenters. The molecule has 7 heteroatoms. The van der Waals surface area contributed by atoms with Crippen LogP contribution in [0.2, 0.25) is 0 Å². The van der Waals surface area contributed by atoms with Gasteiger partial charge in [-0.2, -0.15) is 0 Å². The van der Waals surface area contributed by atoms with Crippen LogP contribution in [0.5, 0.6) is 0 Å². The SMILES string of the molecule is O=S1(=O)CCC(CNC2CCN(c3nc4ccccc4s3)CC2)C1. The van der Waals surface area contributed by atoms with Crippen LogP contribution in [-0.4, -0.2) is 50.6 Å². The van der Waals surface area contributed by atoms with Crippen LogP contribution in [0.3, 0.4) is 0 Å². The van der Waals surface area contributed by atoms with Crippen molar-refractivity contribution >= 4 is 36.5 Å². The molecule has 0 spiro atoms. The summed E-state index contributed by atoms with van der Waals surface area (Å²) in [6, 6.07) is 8.79. The van der Waals surface area contributed by atoms with Gasteiger partial charge in [-0.25, -0.2) is 13.4 Å². The van der Waals surface area contributed by atoms with Crippen molar-refractivity contribution < 1.29 is 8.42 Å². The van der Waals surface area contributed by atoms with Crippen LogP contribution < -0.4 is 10.2 Å². The third-order valence-corrected chi connectivity index (χ3v) is 8.00. The minimum atomic E-state index is -2.76. The molecule has 0 radical (unpaired) electrons. The predicted octanol–water partition coefficient (Wildman–Crippen LogP) is 2.29. The summed E-state index contributed by atoms with van der Waals surface area (Å²) in [6.07, 6.45) is 3.00. The Hall–Kier alpha value is -1.18. The third kappa shape index (κ3) is 3.58. The molecular formula is C17H23N3O2S2. The van der Waals surface area contributed by atoms with Gasteiger partial charge in [-0.3, -0.25) is 0 Å². The van der Waals surface area contributed by atoms with Gasteiger partial charge in [0.2, 0.25) is 0 Å². The molecule has 2 aromatic rings. The Labute approximate surface area is 147 Å². The lowest BCUT2D eigenvalue weighted by molar-refractivity contribution is 0.386. The summed E-state index contributed by atoms with van der Waals surface area (Å²) in [5.41, 5.74) is 1.08. The number of hydrogen-bond acceptors (Lipinski definition) is 6. The smallest absolute Gasteiger partial charge is 0.186 e. The topological polar surface area (TPSA) is 62.3 Å². The average Bonchev–Trinajstić information content (AvgIpc) is 3.16. The number of fused-ring (bicyclic) bond motifs is 1. The predicted molar refractivity (Wildman–Crippen MR) is 99.6 cm³/mol. The second-order valence-corrected chi connectivity index (χ2v) is 10.1. The van der Waals surface area contributed by atoms with Gasteiger partial charge in [-0.05, 0) is 43.9 Å². The lowest BCUT2D eigenvalue weighted by Gasteiger charge is -2.32. The number of benzene rings is 1. The van der Waals surface area contributed by atoms with Crippen LogP contribution in [0, 0.1) is 5.92 Å². The highest BCUT2D eigenvalue weighted by Gasteiger charge is 2.29. The van der Waals surface area contributed by atoms with E-state index in [-0.39, 0.29) is 0 Å². The molecule has 1 aromatic heterocycles. The molecule has 130 valence electrons. The van der Waals surface area contributed by atoms with Gasteiger partial charge >= 0.3 is 0 Å². The summed E-state index contributed by atoms with van der Waals surface area (Å²) in [7, 11) is -2.76. The second-order valence-electron chi connectivity index (χ2n) is 6.90. The van der Waals surface area contributed by atoms with E-state index >= 15 is 0 Å². The highest BCUT2D eigenvalue weighted by molar-refractivity contribution is 7.91. The summed E-state index contributed by atoms with van der Waals surface area (Å²) < 4.78 is 24.3. The van der Waals surface area contributed by atoms with Gasteiger partial charge in [0.1, 0.15) is 0 Å². The highest BCUT2D eigenvalue weighted by Crippen LogP contribution is 2.30. The van der Waals surface area contributed by atoms with Crippen molar-refractivity contribution in [3.8, 4) is 0 Å². The number of nitrogens with zero attached hydrogens (tertiary/aromatic N) is 2. The van der Waals surface area contributed by atoms with Crippen molar-refractivity contribution in [2.45, 2.75) is 25.3 Å². The normalized spacial score (nSPS) is 24.7. The number of anilines is 1. The van der Waals surface area contributed by atoms with Gasteiger partial charge in [0.25, 0.3) is 0 Å². The Bertz CT molecular complexity index is 777. The quantitative estimate of drug-likeness (QED) is 0.901. The number of nitrogens with one attached hydrogen (secondary N) is 1. The molecule has 0 bridgehead atoms. The molecule has 5 nitrogen and oxygen atoms in total. The van der Waals surface area contributed by atoms with E-state index in [4.69, 9.17) is 4.98 Å². The first-order chi connectivity index (χ1) is 11.6. The molecule has 1 aromatic carbocycles. The first-order valence-corrected chi connectivity index (χ1v) is 11.3. The summed E-state index contributed by atoms with van der Waals surface area (Å²) in [4.78, 5) is 7.12. The fourth-order valence-corrected chi connectivity index (χ4v) is 6.52. The van der Waals surface area contributed by atoms with Crippen LogP contribution >= 0.6 is 11.3 Å². The van der Waals surface area contributed by atoms with Gasteiger partial charge in [-0.1, -0.05) is 23.5 Å². The molecule has 2 fully saturated rings. The van der Waals surface area contributed by atoms with Gasteiger partial charge in [-0.15, -0.1) is 0 Å². The zero-order chi connectivity index (χ0) is 16.6. The fraction of sp³-hybridized carbons (Fsp3) is 0.588. The molecule has 2 aliphatic heterocycles. The summed E-state index contributed by atoms with van der Waals surface area (Å²) in [5.74, 6) is 1.04. The van der Waals surface area contributed by atoms with E-state index in [1.54, 1.807) is 11.3 Å². The Balaban J connectivity index is 1.29. The highest BCUT2D eigenvalue weighted by atomic mass is 32.2. The Morgan fingerprint density at radius 2 is 2.00 bits per heavy atom. The molecule has 3 heterocycles. The van der Waals surface area contributed by atoms with E-state index in [1.165, 1.54) is 4.70 Å². The van der Waals surface area contributed by atoms with Gasteiger partial charge < -0.3 is 10.2 Å². The van der Waals surface area contributed by atoms with Crippen molar-refractivity contribution in [3.05, 3.63) is 24.3 Å². The Kier molecular flexibility index (Phi) is 4.49. The maximum atomic E-state index is 11.5. The number of hydrogen-bond donors (Lipinski definition) is 1. The molecule has 0 aliphatic carbocycles. The third-order valence-electron chi connectivity index (χ3n) is 5.07. The fourth-order valence-electron chi connectivity index (χ4n) is 3.64. The molecule has 2 saturated heterocycles. The number of rotatable bonds is 4. The first-order valence-electron chi connectivity index (χ1n) is 8.63. The lowest BCUT2D eigenvalue weighted by Crippen LogP contribution is -2.44. The van der Waals surface area contributed by atoms with E-state index in [9.17, 15) is 8.42 Å². The van der Waals surface area contributed by atoms with Crippen LogP contribution in [0.1, 0.15) is 19.3 Å². The van der Waals surface area contributed by atoms with Gasteiger partial charge in [0.05, 0.1) is 21.7 Å². The zero-order valence-electron chi connectivity index (χ0n) is 13.6. The summed E-state index contributed by atoms with van der Waals surface area (Å²) in [6.45, 7) is 2.87. The van der Waals surface area contributed by atoms with Crippen LogP contribution in [-0.2, 0) is 9.84 Å². The van der Waals surface area contributed by atoms with Crippen LogP contribution in [0.4, 0.5) is 5.13 Å². The minimum absolute atomic E-state index is 0.303. The first kappa shape index (κ1) is 16.3. The number of piperidine rings is 1. The van der Waals surface area contributed by atoms with Gasteiger partial charge in [0.15, 0.2) is 15.0 Å². The van der Waals surface area contributed by atoms with E-state index in [0.717, 1.165) is 49.5 Å². The monoisotopic (exact) mass is 365 g/mol. The molecule has 0 amide bonds. The van der Waals surface area contributed by atoms with Crippen molar-refractivity contribution in [2.75, 3.05) is 36.0 Å². The zero-order valence-corrected chi connectivity index (χ0v) is 15.3. The molecular weight excluding hydrogens is 342 g/mol. The number of aromatic nitrogens is 1. The van der Waals surface area contributed by atoms with Crippen molar-refractivity contribution in [2.24, 2.45) is 5.92 Å². The molecule has 4 rings (SSSR count). The summed E-state index contributed by atoms with van der Waals surface area (Å²) in [5, 5.41) is 4.71. The Morgan fingerprint density at radius 3 is 2.71 bits per heavy atom. The van der Waals surface area contributed by atoms with Crippen molar-refractivity contribution in [3.63, 3.8) is 0 Å². The molecule has 2 aliphatic rings. The maximum absolute atomic E-state index is 11.5. The molecule has 0 saturated carbocycles. The van der Waals surface area contributed by atoms with E-state index < -0.39 is 9.84 Å². The molecule has 24 heavy (non-hydrogen) atoms. The minimum Gasteiger partial charge on any atom is -0.348 e. The number of thiazole rings is 1. The van der Waals surface area contributed by atoms with E-state index in [2.05, 4.69) is 28.4 Å².